The van der Waals surface area contributed by atoms with E-state index in [-0.39, 0.29) is 12.5 Å². The lowest BCUT2D eigenvalue weighted by Gasteiger charge is -2.24. The van der Waals surface area contributed by atoms with Crippen molar-refractivity contribution in [2.75, 3.05) is 37.4 Å². The molecule has 0 aliphatic rings. The van der Waals surface area contributed by atoms with Crippen molar-refractivity contribution in [2.24, 2.45) is 0 Å². The van der Waals surface area contributed by atoms with Crippen LogP contribution in [-0.4, -0.2) is 38.6 Å². The average Bonchev–Trinajstić information content (AvgIpc) is 2.45. The Balaban J connectivity index is 3.04. The van der Waals surface area contributed by atoms with Gasteiger partial charge in [0, 0.05) is 13.1 Å². The summed E-state index contributed by atoms with van der Waals surface area (Å²) in [5, 5.41) is 2.74. The zero-order valence-corrected chi connectivity index (χ0v) is 12.1. The number of anilines is 2. The van der Waals surface area contributed by atoms with E-state index in [1.807, 2.05) is 18.7 Å². The molecule has 1 rings (SSSR count). The van der Waals surface area contributed by atoms with Gasteiger partial charge in [-0.05, 0) is 26.0 Å². The minimum Gasteiger partial charge on any atom is -0.465 e. The van der Waals surface area contributed by atoms with E-state index in [2.05, 4.69) is 10.1 Å². The molecule has 0 atom stereocenters. The zero-order valence-electron chi connectivity index (χ0n) is 12.1. The summed E-state index contributed by atoms with van der Waals surface area (Å²) in [5.41, 5.74) is 7.30. The van der Waals surface area contributed by atoms with Gasteiger partial charge in [-0.3, -0.25) is 4.79 Å². The molecule has 0 aromatic heterocycles. The number of likely N-dealkylation sites (N-methyl/N-ethyl adjacent to an activating group) is 2. The number of nitrogens with two attached hydrogens (primary N) is 1. The van der Waals surface area contributed by atoms with Crippen LogP contribution in [0.25, 0.3) is 0 Å². The number of benzene rings is 1. The summed E-state index contributed by atoms with van der Waals surface area (Å²) in [4.78, 5) is 25.1. The summed E-state index contributed by atoms with van der Waals surface area (Å²) < 4.78 is 4.69. The molecule has 6 heteroatoms. The molecule has 0 fully saturated rings. The first kappa shape index (κ1) is 15.8. The molecule has 0 unspecified atom stereocenters. The van der Waals surface area contributed by atoms with E-state index in [0.29, 0.717) is 30.0 Å². The first-order valence-electron chi connectivity index (χ1n) is 6.53. The topological polar surface area (TPSA) is 84.7 Å². The average molecular weight is 279 g/mol. The lowest BCUT2D eigenvalue weighted by atomic mass is 10.1. The largest absolute Gasteiger partial charge is 0.465 e. The summed E-state index contributed by atoms with van der Waals surface area (Å²) >= 11 is 0. The summed E-state index contributed by atoms with van der Waals surface area (Å²) in [6.45, 7) is 5.16. The molecule has 0 saturated heterocycles. The quantitative estimate of drug-likeness (QED) is 0.600. The molecule has 0 aliphatic heterocycles. The van der Waals surface area contributed by atoms with Crippen LogP contribution in [-0.2, 0) is 9.53 Å². The number of para-hydroxylation sites is 1. The molecule has 6 nitrogen and oxygen atoms in total. The van der Waals surface area contributed by atoms with Crippen LogP contribution in [0.2, 0.25) is 0 Å². The molecule has 20 heavy (non-hydrogen) atoms. The van der Waals surface area contributed by atoms with E-state index in [4.69, 9.17) is 5.73 Å². The Morgan fingerprint density at radius 3 is 2.60 bits per heavy atom. The molecule has 3 N–H and O–H groups in total. The first-order valence-corrected chi connectivity index (χ1v) is 6.53. The van der Waals surface area contributed by atoms with Crippen molar-refractivity contribution in [3.63, 3.8) is 0 Å². The fourth-order valence-electron chi connectivity index (χ4n) is 1.91. The third kappa shape index (κ3) is 3.63. The van der Waals surface area contributed by atoms with Crippen LogP contribution in [0.1, 0.15) is 24.2 Å². The zero-order chi connectivity index (χ0) is 15.1. The van der Waals surface area contributed by atoms with E-state index in [0.717, 1.165) is 0 Å². The van der Waals surface area contributed by atoms with Crippen LogP contribution in [0.15, 0.2) is 18.2 Å². The van der Waals surface area contributed by atoms with Gasteiger partial charge in [-0.1, -0.05) is 6.07 Å². The number of esters is 1. The molecule has 0 spiro atoms. The maximum atomic E-state index is 11.7. The van der Waals surface area contributed by atoms with Gasteiger partial charge < -0.3 is 20.7 Å². The second-order valence-electron chi connectivity index (χ2n) is 4.20. The summed E-state index contributed by atoms with van der Waals surface area (Å²) in [6.07, 6.45) is 0. The van der Waals surface area contributed by atoms with Gasteiger partial charge in [-0.15, -0.1) is 0 Å². The normalized spacial score (nSPS) is 9.95. The smallest absolute Gasteiger partial charge is 0.340 e. The second kappa shape index (κ2) is 7.37. The van der Waals surface area contributed by atoms with Crippen molar-refractivity contribution in [1.82, 2.24) is 5.32 Å². The van der Waals surface area contributed by atoms with Crippen molar-refractivity contribution >= 4 is 23.3 Å². The van der Waals surface area contributed by atoms with Crippen molar-refractivity contribution < 1.29 is 14.3 Å². The van der Waals surface area contributed by atoms with Gasteiger partial charge in [0.05, 0.1) is 30.6 Å². The fraction of sp³-hybridized carbons (Fsp3) is 0.429. The first-order chi connectivity index (χ1) is 9.54. The Morgan fingerprint density at radius 1 is 1.35 bits per heavy atom. The van der Waals surface area contributed by atoms with Gasteiger partial charge in [0.15, 0.2) is 0 Å². The number of carbonyl (C=O) groups excluding carboxylic acids is 2. The number of hydrogen-bond acceptors (Lipinski definition) is 5. The van der Waals surface area contributed by atoms with E-state index in [1.165, 1.54) is 7.11 Å². The molecular formula is C14H21N3O3. The maximum absolute atomic E-state index is 11.7. The van der Waals surface area contributed by atoms with Gasteiger partial charge in [-0.25, -0.2) is 4.79 Å². The third-order valence-corrected chi connectivity index (χ3v) is 2.92. The summed E-state index contributed by atoms with van der Waals surface area (Å²) in [6, 6.07) is 5.10. The number of rotatable bonds is 6. The molecule has 1 aromatic rings. The number of carbonyl (C=O) groups is 2. The Kier molecular flexibility index (Phi) is 5.83. The number of nitrogens with one attached hydrogen (secondary N) is 1. The molecule has 1 amide bonds. The van der Waals surface area contributed by atoms with Crippen LogP contribution < -0.4 is 16.0 Å². The number of hydrogen-bond donors (Lipinski definition) is 2. The monoisotopic (exact) mass is 279 g/mol. The number of nitrogen functional groups attached to an aromatic ring is 1. The predicted octanol–water partition coefficient (Wildman–Crippen LogP) is 1.02. The van der Waals surface area contributed by atoms with Crippen molar-refractivity contribution in [2.45, 2.75) is 13.8 Å². The second-order valence-corrected chi connectivity index (χ2v) is 4.20. The Hall–Kier alpha value is -2.24. The van der Waals surface area contributed by atoms with Gasteiger partial charge in [0.1, 0.15) is 0 Å². The van der Waals surface area contributed by atoms with E-state index in [9.17, 15) is 9.59 Å². The number of methoxy groups -OCH3 is 1. The molecule has 0 heterocycles. The van der Waals surface area contributed by atoms with E-state index < -0.39 is 5.97 Å². The highest BCUT2D eigenvalue weighted by molar-refractivity contribution is 5.98. The summed E-state index contributed by atoms with van der Waals surface area (Å²) in [5.74, 6) is -0.573. The highest BCUT2D eigenvalue weighted by atomic mass is 16.5. The minimum atomic E-state index is -0.488. The highest BCUT2D eigenvalue weighted by Gasteiger charge is 2.17. The molecule has 0 saturated carbocycles. The van der Waals surface area contributed by atoms with Crippen LogP contribution in [0.5, 0.6) is 0 Å². The predicted molar refractivity (Wildman–Crippen MR) is 78.8 cm³/mol. The van der Waals surface area contributed by atoms with Crippen LogP contribution in [0.4, 0.5) is 11.4 Å². The lowest BCUT2D eigenvalue weighted by Crippen LogP contribution is -2.37. The molecule has 0 radical (unpaired) electrons. The van der Waals surface area contributed by atoms with Crippen molar-refractivity contribution in [3.05, 3.63) is 23.8 Å². The summed E-state index contributed by atoms with van der Waals surface area (Å²) in [7, 11) is 1.31. The van der Waals surface area contributed by atoms with Crippen LogP contribution in [0, 0.1) is 0 Å². The number of ether oxygens (including phenoxy) is 1. The van der Waals surface area contributed by atoms with E-state index >= 15 is 0 Å². The number of nitrogens with zero attached hydrogens (tertiary/aromatic N) is 1. The fourth-order valence-corrected chi connectivity index (χ4v) is 1.91. The van der Waals surface area contributed by atoms with Crippen molar-refractivity contribution in [1.29, 1.82) is 0 Å². The van der Waals surface area contributed by atoms with E-state index in [1.54, 1.807) is 18.2 Å². The van der Waals surface area contributed by atoms with Gasteiger partial charge in [0.25, 0.3) is 0 Å². The van der Waals surface area contributed by atoms with Crippen molar-refractivity contribution in [3.8, 4) is 0 Å². The Labute approximate surface area is 118 Å². The molecule has 0 bridgehead atoms. The molecule has 0 aliphatic carbocycles. The van der Waals surface area contributed by atoms with Gasteiger partial charge in [0.2, 0.25) is 5.91 Å². The third-order valence-electron chi connectivity index (χ3n) is 2.92. The maximum Gasteiger partial charge on any atom is 0.340 e. The minimum absolute atomic E-state index is 0.0859. The SMILES string of the molecule is CCNC(=O)CN(CC)c1cccc(C(=O)OC)c1N. The standard InChI is InChI=1S/C14H21N3O3/c1-4-16-12(18)9-17(5-2)11-8-6-7-10(13(11)15)14(19)20-3/h6-8H,4-5,9,15H2,1-3H3,(H,16,18). The Morgan fingerprint density at radius 2 is 2.05 bits per heavy atom. The molecule has 110 valence electrons. The van der Waals surface area contributed by atoms with Crippen LogP contribution in [0.3, 0.4) is 0 Å². The Bertz CT molecular complexity index is 489. The van der Waals surface area contributed by atoms with Gasteiger partial charge in [-0.2, -0.15) is 0 Å². The molecular weight excluding hydrogens is 258 g/mol. The van der Waals surface area contributed by atoms with Gasteiger partial charge >= 0.3 is 5.97 Å². The van der Waals surface area contributed by atoms with Crippen LogP contribution >= 0.6 is 0 Å². The lowest BCUT2D eigenvalue weighted by molar-refractivity contribution is -0.119. The molecule has 1 aromatic carbocycles. The number of amides is 1. The highest BCUT2D eigenvalue weighted by Crippen LogP contribution is 2.27.